The Morgan fingerprint density at radius 1 is 1.38 bits per heavy atom. The van der Waals surface area contributed by atoms with E-state index >= 15 is 0 Å². The molecule has 0 spiro atoms. The van der Waals surface area contributed by atoms with Gasteiger partial charge in [0.05, 0.1) is 38.2 Å². The number of hydrogen-bond acceptors (Lipinski definition) is 5. The Morgan fingerprint density at radius 3 is 2.69 bits per heavy atom. The molecule has 90 valence electrons. The zero-order chi connectivity index (χ0) is 11.4. The van der Waals surface area contributed by atoms with Crippen molar-refractivity contribution in [3.05, 3.63) is 24.2 Å². The molecule has 5 nitrogen and oxygen atoms in total. The summed E-state index contributed by atoms with van der Waals surface area (Å²) in [4.78, 5) is 2.07. The highest BCUT2D eigenvalue weighted by atomic mass is 16.5. The van der Waals surface area contributed by atoms with E-state index in [1.165, 1.54) is 0 Å². The van der Waals surface area contributed by atoms with E-state index in [4.69, 9.17) is 14.3 Å². The van der Waals surface area contributed by atoms with Crippen LogP contribution in [0.1, 0.15) is 11.8 Å². The van der Waals surface area contributed by atoms with Gasteiger partial charge in [-0.2, -0.15) is 0 Å². The van der Waals surface area contributed by atoms with Crippen molar-refractivity contribution < 1.29 is 19.4 Å². The second kappa shape index (κ2) is 5.45. The average Bonchev–Trinajstić information content (AvgIpc) is 2.84. The normalized spacial score (nSPS) is 21.9. The summed E-state index contributed by atoms with van der Waals surface area (Å²) in [6.45, 7) is 2.50. The van der Waals surface area contributed by atoms with Gasteiger partial charge in [-0.15, -0.1) is 0 Å². The predicted molar refractivity (Wildman–Crippen MR) is 56.9 cm³/mol. The molecule has 0 aromatic carbocycles. The highest BCUT2D eigenvalue weighted by Gasteiger charge is 2.30. The Morgan fingerprint density at radius 2 is 2.12 bits per heavy atom. The van der Waals surface area contributed by atoms with Crippen LogP contribution in [0.15, 0.2) is 22.8 Å². The number of aliphatic hydroxyl groups is 2. The predicted octanol–water partition coefficient (Wildman–Crippen LogP) is 0.00610. The summed E-state index contributed by atoms with van der Waals surface area (Å²) in [6, 6.07) is 3.32. The molecule has 0 aliphatic carbocycles. The zero-order valence-corrected chi connectivity index (χ0v) is 9.08. The molecule has 1 aliphatic rings. The largest absolute Gasteiger partial charge is 0.468 e. The van der Waals surface area contributed by atoms with Crippen molar-refractivity contribution in [3.63, 3.8) is 0 Å². The van der Waals surface area contributed by atoms with E-state index in [-0.39, 0.29) is 12.6 Å². The third-order valence-corrected chi connectivity index (χ3v) is 2.83. The molecular weight excluding hydrogens is 210 g/mol. The van der Waals surface area contributed by atoms with Gasteiger partial charge in [0.2, 0.25) is 0 Å². The second-order valence-corrected chi connectivity index (χ2v) is 3.86. The molecule has 2 heterocycles. The molecule has 16 heavy (non-hydrogen) atoms. The quantitative estimate of drug-likeness (QED) is 0.758. The van der Waals surface area contributed by atoms with Crippen LogP contribution in [0.2, 0.25) is 0 Å². The number of ether oxygens (including phenoxy) is 1. The van der Waals surface area contributed by atoms with E-state index in [9.17, 15) is 5.11 Å². The lowest BCUT2D eigenvalue weighted by atomic mass is 10.1. The zero-order valence-electron chi connectivity index (χ0n) is 9.08. The lowest BCUT2D eigenvalue weighted by Crippen LogP contribution is -2.44. The van der Waals surface area contributed by atoms with E-state index in [1.807, 2.05) is 6.07 Å². The molecule has 0 bridgehead atoms. The summed E-state index contributed by atoms with van der Waals surface area (Å²) in [5.41, 5.74) is 0. The van der Waals surface area contributed by atoms with Crippen LogP contribution in [0, 0.1) is 0 Å². The number of furan rings is 1. The molecule has 1 unspecified atom stereocenters. The summed E-state index contributed by atoms with van der Waals surface area (Å²) in [7, 11) is 0. The van der Waals surface area contributed by atoms with E-state index in [0.717, 1.165) is 13.1 Å². The van der Waals surface area contributed by atoms with E-state index in [0.29, 0.717) is 19.0 Å². The van der Waals surface area contributed by atoms with Crippen LogP contribution < -0.4 is 0 Å². The van der Waals surface area contributed by atoms with Gasteiger partial charge in [-0.25, -0.2) is 0 Å². The Labute approximate surface area is 94.2 Å². The van der Waals surface area contributed by atoms with Gasteiger partial charge in [-0.05, 0) is 12.1 Å². The lowest BCUT2D eigenvalue weighted by molar-refractivity contribution is -0.0442. The fourth-order valence-corrected chi connectivity index (χ4v) is 2.03. The molecule has 1 aromatic heterocycles. The van der Waals surface area contributed by atoms with Crippen molar-refractivity contribution in [2.24, 2.45) is 0 Å². The first-order valence-corrected chi connectivity index (χ1v) is 5.47. The van der Waals surface area contributed by atoms with Gasteiger partial charge in [-0.1, -0.05) is 0 Å². The third-order valence-electron chi connectivity index (χ3n) is 2.83. The van der Waals surface area contributed by atoms with Crippen LogP contribution in [-0.4, -0.2) is 54.1 Å². The number of aliphatic hydroxyl groups excluding tert-OH is 2. The first kappa shape index (κ1) is 11.6. The maximum absolute atomic E-state index is 9.85. The highest BCUT2D eigenvalue weighted by molar-refractivity contribution is 5.07. The summed E-state index contributed by atoms with van der Waals surface area (Å²) in [5, 5.41) is 18.9. The summed E-state index contributed by atoms with van der Waals surface area (Å²) in [5.74, 6) is 0.684. The molecule has 2 N–H and O–H groups in total. The molecule has 0 amide bonds. The topological polar surface area (TPSA) is 66.1 Å². The summed E-state index contributed by atoms with van der Waals surface area (Å²) < 4.78 is 10.6. The van der Waals surface area contributed by atoms with Crippen LogP contribution >= 0.6 is 0 Å². The molecule has 2 rings (SSSR count). The van der Waals surface area contributed by atoms with E-state index in [2.05, 4.69) is 4.90 Å². The van der Waals surface area contributed by atoms with Crippen LogP contribution in [-0.2, 0) is 4.74 Å². The van der Waals surface area contributed by atoms with Crippen molar-refractivity contribution >= 4 is 0 Å². The van der Waals surface area contributed by atoms with Crippen molar-refractivity contribution in [1.29, 1.82) is 0 Å². The Bertz CT molecular complexity index is 295. The molecule has 1 fully saturated rings. The first-order valence-electron chi connectivity index (χ1n) is 5.47. The molecule has 0 saturated carbocycles. The van der Waals surface area contributed by atoms with Gasteiger partial charge < -0.3 is 19.4 Å². The molecule has 1 aromatic rings. The number of morpholine rings is 1. The van der Waals surface area contributed by atoms with Crippen LogP contribution in [0.4, 0.5) is 0 Å². The van der Waals surface area contributed by atoms with Crippen molar-refractivity contribution in [2.75, 3.05) is 32.9 Å². The van der Waals surface area contributed by atoms with Crippen LogP contribution in [0.3, 0.4) is 0 Å². The Hall–Kier alpha value is -0.880. The van der Waals surface area contributed by atoms with Crippen molar-refractivity contribution in [3.8, 4) is 0 Å². The minimum absolute atomic E-state index is 0.275. The van der Waals surface area contributed by atoms with Gasteiger partial charge in [0.1, 0.15) is 5.76 Å². The molecule has 0 radical (unpaired) electrons. The van der Waals surface area contributed by atoms with Gasteiger partial charge in [0.25, 0.3) is 0 Å². The lowest BCUT2D eigenvalue weighted by Gasteiger charge is -2.35. The number of rotatable bonds is 4. The van der Waals surface area contributed by atoms with Crippen molar-refractivity contribution in [1.82, 2.24) is 4.90 Å². The standard InChI is InChI=1S/C11H17NO4/c13-8-9(14)11(10-2-1-5-16-10)12-3-6-15-7-4-12/h1-2,5,9,11,13-14H,3-4,6-8H2/t9-,11?/m1/s1. The molecule has 1 saturated heterocycles. The fraction of sp³-hybridized carbons (Fsp3) is 0.636. The Kier molecular flexibility index (Phi) is 3.95. The van der Waals surface area contributed by atoms with Crippen LogP contribution in [0.25, 0.3) is 0 Å². The summed E-state index contributed by atoms with van der Waals surface area (Å²) >= 11 is 0. The molecule has 2 atom stereocenters. The Balaban J connectivity index is 2.13. The first-order chi connectivity index (χ1) is 7.83. The van der Waals surface area contributed by atoms with Gasteiger partial charge in [0, 0.05) is 13.1 Å². The van der Waals surface area contributed by atoms with Gasteiger partial charge in [-0.3, -0.25) is 4.90 Å². The van der Waals surface area contributed by atoms with Crippen LogP contribution in [0.5, 0.6) is 0 Å². The SMILES string of the molecule is OC[C@@H](O)C(c1ccco1)N1CCOCC1. The minimum atomic E-state index is -0.829. The van der Waals surface area contributed by atoms with E-state index < -0.39 is 6.10 Å². The third kappa shape index (κ3) is 2.44. The highest BCUT2D eigenvalue weighted by Crippen LogP contribution is 2.25. The fourth-order valence-electron chi connectivity index (χ4n) is 2.03. The van der Waals surface area contributed by atoms with Gasteiger partial charge >= 0.3 is 0 Å². The summed E-state index contributed by atoms with van der Waals surface area (Å²) in [6.07, 6.45) is 0.747. The van der Waals surface area contributed by atoms with Crippen molar-refractivity contribution in [2.45, 2.75) is 12.1 Å². The van der Waals surface area contributed by atoms with E-state index in [1.54, 1.807) is 12.3 Å². The molecule has 5 heteroatoms. The molecule has 1 aliphatic heterocycles. The smallest absolute Gasteiger partial charge is 0.123 e. The number of hydrogen-bond donors (Lipinski definition) is 2. The maximum Gasteiger partial charge on any atom is 0.123 e. The maximum atomic E-state index is 9.85. The molecular formula is C11H17NO4. The number of nitrogens with zero attached hydrogens (tertiary/aromatic N) is 1. The minimum Gasteiger partial charge on any atom is -0.468 e. The monoisotopic (exact) mass is 227 g/mol. The average molecular weight is 227 g/mol. The second-order valence-electron chi connectivity index (χ2n) is 3.86. The van der Waals surface area contributed by atoms with Gasteiger partial charge in [0.15, 0.2) is 0 Å².